The third kappa shape index (κ3) is 3.96. The molecule has 0 aliphatic heterocycles. The molecule has 112 valence electrons. The van der Waals surface area contributed by atoms with Crippen molar-refractivity contribution in [2.45, 2.75) is 38.0 Å². The lowest BCUT2D eigenvalue weighted by atomic mass is 10.0. The lowest BCUT2D eigenvalue weighted by Crippen LogP contribution is -2.34. The minimum absolute atomic E-state index is 0.0621. The number of nitrogens with one attached hydrogen (secondary N) is 1. The molecule has 1 aromatic carbocycles. The number of rotatable bonds is 6. The van der Waals surface area contributed by atoms with E-state index in [0.717, 1.165) is 19.2 Å². The molecule has 20 heavy (non-hydrogen) atoms. The number of benzene rings is 1. The molecule has 0 amide bonds. The predicted molar refractivity (Wildman–Crippen MR) is 73.5 cm³/mol. The van der Waals surface area contributed by atoms with Crippen LogP contribution in [0.5, 0.6) is 0 Å². The highest BCUT2D eigenvalue weighted by atomic mass is 19.4. The van der Waals surface area contributed by atoms with E-state index in [4.69, 9.17) is 0 Å². The van der Waals surface area contributed by atoms with Gasteiger partial charge >= 0.3 is 6.18 Å². The molecule has 0 spiro atoms. The molecule has 1 unspecified atom stereocenters. The van der Waals surface area contributed by atoms with Crippen molar-refractivity contribution in [2.75, 3.05) is 20.1 Å². The highest BCUT2D eigenvalue weighted by Crippen LogP contribution is 2.32. The van der Waals surface area contributed by atoms with Gasteiger partial charge in [0.2, 0.25) is 0 Å². The third-order valence-corrected chi connectivity index (χ3v) is 3.71. The summed E-state index contributed by atoms with van der Waals surface area (Å²) >= 11 is 0. The Hall–Kier alpha value is -1.07. The van der Waals surface area contributed by atoms with E-state index in [0.29, 0.717) is 11.6 Å². The Morgan fingerprint density at radius 3 is 2.60 bits per heavy atom. The zero-order valence-electron chi connectivity index (χ0n) is 11.9. The smallest absolute Gasteiger partial charge is 0.309 e. The van der Waals surface area contributed by atoms with Crippen LogP contribution in [0, 0.1) is 0 Å². The normalized spacial score (nSPS) is 17.5. The molecule has 5 heteroatoms. The predicted octanol–water partition coefficient (Wildman–Crippen LogP) is 3.45. The van der Waals surface area contributed by atoms with Gasteiger partial charge in [-0.2, -0.15) is 13.2 Å². The van der Waals surface area contributed by atoms with E-state index in [9.17, 15) is 13.2 Å². The maximum absolute atomic E-state index is 12.8. The number of alkyl halides is 3. The molecule has 1 atom stereocenters. The van der Waals surface area contributed by atoms with Gasteiger partial charge in [-0.15, -0.1) is 0 Å². The third-order valence-electron chi connectivity index (χ3n) is 3.71. The second-order valence-electron chi connectivity index (χ2n) is 5.40. The first-order valence-electron chi connectivity index (χ1n) is 7.02. The van der Waals surface area contributed by atoms with E-state index < -0.39 is 11.7 Å². The van der Waals surface area contributed by atoms with Crippen molar-refractivity contribution >= 4 is 0 Å². The molecule has 0 aromatic heterocycles. The molecule has 2 nitrogen and oxygen atoms in total. The molecule has 1 fully saturated rings. The monoisotopic (exact) mass is 286 g/mol. The van der Waals surface area contributed by atoms with Crippen molar-refractivity contribution in [3.05, 3.63) is 35.4 Å². The molecule has 1 N–H and O–H groups in total. The summed E-state index contributed by atoms with van der Waals surface area (Å²) in [5.74, 6) is 0. The molecule has 0 saturated heterocycles. The average Bonchev–Trinajstić information content (AvgIpc) is 3.21. The van der Waals surface area contributed by atoms with E-state index in [1.54, 1.807) is 6.07 Å². The van der Waals surface area contributed by atoms with E-state index in [1.165, 1.54) is 25.0 Å². The fourth-order valence-corrected chi connectivity index (χ4v) is 2.42. The summed E-state index contributed by atoms with van der Waals surface area (Å²) in [5, 5.41) is 3.28. The van der Waals surface area contributed by atoms with Gasteiger partial charge < -0.3 is 10.2 Å². The van der Waals surface area contributed by atoms with Gasteiger partial charge in [0.05, 0.1) is 5.56 Å². The zero-order valence-corrected chi connectivity index (χ0v) is 11.9. The van der Waals surface area contributed by atoms with Crippen molar-refractivity contribution in [3.63, 3.8) is 0 Å². The average molecular weight is 286 g/mol. The summed E-state index contributed by atoms with van der Waals surface area (Å²) in [6.07, 6.45) is -1.90. The molecule has 1 saturated carbocycles. The SMILES string of the molecule is CCNC(CN(C)C1CC1)c1cccc(C(F)(F)F)c1. The molecule has 1 aromatic rings. The molecular weight excluding hydrogens is 265 g/mol. The van der Waals surface area contributed by atoms with Crippen LogP contribution >= 0.6 is 0 Å². The van der Waals surface area contributed by atoms with Crippen LogP contribution in [0.25, 0.3) is 0 Å². The van der Waals surface area contributed by atoms with Gasteiger partial charge in [-0.1, -0.05) is 19.1 Å². The van der Waals surface area contributed by atoms with E-state index in [-0.39, 0.29) is 6.04 Å². The second-order valence-corrected chi connectivity index (χ2v) is 5.40. The highest BCUT2D eigenvalue weighted by Gasteiger charge is 2.32. The Bertz CT molecular complexity index is 441. The standard InChI is InChI=1S/C15H21F3N2/c1-3-19-14(10-20(2)13-7-8-13)11-5-4-6-12(9-11)15(16,17)18/h4-6,9,13-14,19H,3,7-8,10H2,1-2H3. The largest absolute Gasteiger partial charge is 0.416 e. The molecular formula is C15H21F3N2. The summed E-state index contributed by atoms with van der Waals surface area (Å²) in [4.78, 5) is 2.23. The van der Waals surface area contributed by atoms with Gasteiger partial charge in [-0.3, -0.25) is 0 Å². The zero-order chi connectivity index (χ0) is 14.8. The maximum atomic E-state index is 12.8. The van der Waals surface area contributed by atoms with E-state index in [2.05, 4.69) is 10.2 Å². The summed E-state index contributed by atoms with van der Waals surface area (Å²) in [7, 11) is 2.04. The van der Waals surface area contributed by atoms with Gasteiger partial charge in [-0.25, -0.2) is 0 Å². The van der Waals surface area contributed by atoms with Crippen molar-refractivity contribution in [1.29, 1.82) is 0 Å². The Balaban J connectivity index is 2.15. The lowest BCUT2D eigenvalue weighted by Gasteiger charge is -2.25. The van der Waals surface area contributed by atoms with E-state index in [1.807, 2.05) is 14.0 Å². The van der Waals surface area contributed by atoms with Gasteiger partial charge in [-0.05, 0) is 44.1 Å². The first-order valence-corrected chi connectivity index (χ1v) is 7.02. The van der Waals surface area contributed by atoms with Crippen molar-refractivity contribution in [2.24, 2.45) is 0 Å². The first-order chi connectivity index (χ1) is 9.41. The Morgan fingerprint density at radius 1 is 1.35 bits per heavy atom. The molecule has 0 heterocycles. The Kier molecular flexibility index (Phi) is 4.70. The second kappa shape index (κ2) is 6.14. The summed E-state index contributed by atoms with van der Waals surface area (Å²) in [6, 6.07) is 6.17. The quantitative estimate of drug-likeness (QED) is 0.861. The van der Waals surface area contributed by atoms with Gasteiger partial charge in [0.25, 0.3) is 0 Å². The fourth-order valence-electron chi connectivity index (χ4n) is 2.42. The first kappa shape index (κ1) is 15.3. The minimum atomic E-state index is -4.28. The number of nitrogens with zero attached hydrogens (tertiary/aromatic N) is 1. The molecule has 0 radical (unpaired) electrons. The van der Waals surface area contributed by atoms with Crippen molar-refractivity contribution < 1.29 is 13.2 Å². The Morgan fingerprint density at radius 2 is 2.05 bits per heavy atom. The molecule has 0 bridgehead atoms. The number of halogens is 3. The molecule has 1 aliphatic rings. The van der Waals surface area contributed by atoms with Crippen LogP contribution in [0.2, 0.25) is 0 Å². The summed E-state index contributed by atoms with van der Waals surface area (Å²) in [6.45, 7) is 3.44. The maximum Gasteiger partial charge on any atom is 0.416 e. The van der Waals surface area contributed by atoms with Crippen molar-refractivity contribution in [1.82, 2.24) is 10.2 Å². The summed E-state index contributed by atoms with van der Waals surface area (Å²) < 4.78 is 38.4. The lowest BCUT2D eigenvalue weighted by molar-refractivity contribution is -0.137. The van der Waals surface area contributed by atoms with Crippen LogP contribution in [0.3, 0.4) is 0 Å². The number of hydrogen-bond donors (Lipinski definition) is 1. The van der Waals surface area contributed by atoms with Crippen molar-refractivity contribution in [3.8, 4) is 0 Å². The number of hydrogen-bond acceptors (Lipinski definition) is 2. The molecule has 1 aliphatic carbocycles. The van der Waals surface area contributed by atoms with Crippen LogP contribution < -0.4 is 5.32 Å². The van der Waals surface area contributed by atoms with Crippen LogP contribution in [0.15, 0.2) is 24.3 Å². The number of likely N-dealkylation sites (N-methyl/N-ethyl adjacent to an activating group) is 2. The highest BCUT2D eigenvalue weighted by molar-refractivity contribution is 5.28. The van der Waals surface area contributed by atoms with Gasteiger partial charge in [0.15, 0.2) is 0 Å². The summed E-state index contributed by atoms with van der Waals surface area (Å²) in [5.41, 5.74) is 0.126. The molecule has 2 rings (SSSR count). The Labute approximate surface area is 118 Å². The minimum Gasteiger partial charge on any atom is -0.309 e. The van der Waals surface area contributed by atoms with Crippen LogP contribution in [-0.2, 0) is 6.18 Å². The van der Waals surface area contributed by atoms with Gasteiger partial charge in [0, 0.05) is 18.6 Å². The van der Waals surface area contributed by atoms with Gasteiger partial charge in [0.1, 0.15) is 0 Å². The van der Waals surface area contributed by atoms with E-state index >= 15 is 0 Å². The topological polar surface area (TPSA) is 15.3 Å². The fraction of sp³-hybridized carbons (Fsp3) is 0.600. The van der Waals surface area contributed by atoms with Crippen LogP contribution in [-0.4, -0.2) is 31.1 Å². The van der Waals surface area contributed by atoms with Crippen LogP contribution in [0.1, 0.15) is 36.9 Å². The van der Waals surface area contributed by atoms with Crippen LogP contribution in [0.4, 0.5) is 13.2 Å².